The van der Waals surface area contributed by atoms with Crippen molar-refractivity contribution < 1.29 is 14.4 Å². The molecular formula is C28H23ClN4O3S2. The molecule has 0 saturated heterocycles. The fourth-order valence-electron chi connectivity index (χ4n) is 3.23. The van der Waals surface area contributed by atoms with E-state index in [-0.39, 0.29) is 16.9 Å². The lowest BCUT2D eigenvalue weighted by Gasteiger charge is -2.13. The number of halogens is 1. The van der Waals surface area contributed by atoms with Crippen LogP contribution in [0.5, 0.6) is 0 Å². The molecule has 192 valence electrons. The van der Waals surface area contributed by atoms with Crippen LogP contribution in [0.4, 0.5) is 10.8 Å². The van der Waals surface area contributed by atoms with E-state index in [1.54, 1.807) is 78.3 Å². The van der Waals surface area contributed by atoms with Crippen molar-refractivity contribution in [2.75, 3.05) is 10.6 Å². The van der Waals surface area contributed by atoms with Gasteiger partial charge in [-0.3, -0.25) is 14.4 Å². The molecule has 1 aromatic heterocycles. The Morgan fingerprint density at radius 2 is 1.66 bits per heavy atom. The predicted octanol–water partition coefficient (Wildman–Crippen LogP) is 6.33. The van der Waals surface area contributed by atoms with E-state index in [2.05, 4.69) is 20.9 Å². The number of amides is 3. The van der Waals surface area contributed by atoms with Crippen molar-refractivity contribution in [3.63, 3.8) is 0 Å². The summed E-state index contributed by atoms with van der Waals surface area (Å²) in [6.45, 7) is 1.81. The SMILES string of the molecule is C[C@@H](Sc1ccc(NC(=O)/C(=C/c2ccc(Cl)cc2)NC(=O)c2ccccc2)cc1)C(=O)Nc1nccs1. The quantitative estimate of drug-likeness (QED) is 0.164. The van der Waals surface area contributed by atoms with Crippen molar-refractivity contribution >= 4 is 69.3 Å². The molecule has 1 atom stereocenters. The van der Waals surface area contributed by atoms with Crippen molar-refractivity contribution in [2.24, 2.45) is 0 Å². The highest BCUT2D eigenvalue weighted by Gasteiger charge is 2.17. The lowest BCUT2D eigenvalue weighted by Crippen LogP contribution is -2.30. The van der Waals surface area contributed by atoms with Gasteiger partial charge in [-0.2, -0.15) is 0 Å². The maximum absolute atomic E-state index is 13.2. The Bertz CT molecular complexity index is 1430. The van der Waals surface area contributed by atoms with E-state index in [1.807, 2.05) is 25.1 Å². The maximum Gasteiger partial charge on any atom is 0.272 e. The fourth-order valence-corrected chi connectivity index (χ4v) is 4.76. The number of benzene rings is 3. The summed E-state index contributed by atoms with van der Waals surface area (Å²) in [5.41, 5.74) is 1.74. The Morgan fingerprint density at radius 1 is 0.947 bits per heavy atom. The van der Waals surface area contributed by atoms with Crippen LogP contribution in [0.2, 0.25) is 5.02 Å². The highest BCUT2D eigenvalue weighted by molar-refractivity contribution is 8.00. The number of thioether (sulfide) groups is 1. The van der Waals surface area contributed by atoms with Gasteiger partial charge in [0.25, 0.3) is 11.8 Å². The van der Waals surface area contributed by atoms with E-state index in [1.165, 1.54) is 23.1 Å². The third-order valence-corrected chi connectivity index (χ3v) is 7.22. The zero-order valence-corrected chi connectivity index (χ0v) is 22.6. The van der Waals surface area contributed by atoms with Crippen LogP contribution in [0.15, 0.2) is 101 Å². The number of hydrogen-bond acceptors (Lipinski definition) is 6. The average Bonchev–Trinajstić information content (AvgIpc) is 3.44. The summed E-state index contributed by atoms with van der Waals surface area (Å²) in [7, 11) is 0. The predicted molar refractivity (Wildman–Crippen MR) is 154 cm³/mol. The van der Waals surface area contributed by atoms with Gasteiger partial charge in [0.1, 0.15) is 5.70 Å². The second-order valence-corrected chi connectivity index (χ2v) is 10.7. The highest BCUT2D eigenvalue weighted by atomic mass is 35.5. The van der Waals surface area contributed by atoms with Crippen LogP contribution in [0.1, 0.15) is 22.8 Å². The number of thiazole rings is 1. The van der Waals surface area contributed by atoms with Crippen molar-refractivity contribution in [3.8, 4) is 0 Å². The molecule has 3 amide bonds. The number of hydrogen-bond donors (Lipinski definition) is 3. The standard InChI is InChI=1S/C28H23ClN4O3S2/c1-18(25(34)33-28-30-15-16-37-28)38-23-13-11-22(12-14-23)31-27(36)24(17-19-7-9-21(29)10-8-19)32-26(35)20-5-3-2-4-6-20/h2-18H,1H3,(H,31,36)(H,32,35)(H,30,33,34)/b24-17-/t18-/m1/s1. The van der Waals surface area contributed by atoms with Gasteiger partial charge in [-0.1, -0.05) is 41.9 Å². The largest absolute Gasteiger partial charge is 0.321 e. The van der Waals surface area contributed by atoms with Crippen molar-refractivity contribution in [1.29, 1.82) is 0 Å². The van der Waals surface area contributed by atoms with Gasteiger partial charge >= 0.3 is 0 Å². The van der Waals surface area contributed by atoms with Gasteiger partial charge in [0, 0.05) is 32.7 Å². The molecule has 4 rings (SSSR count). The van der Waals surface area contributed by atoms with Crippen LogP contribution >= 0.6 is 34.7 Å². The molecule has 0 aliphatic carbocycles. The Kier molecular flexibility index (Phi) is 9.31. The Balaban J connectivity index is 1.44. The third-order valence-electron chi connectivity index (χ3n) is 5.17. The molecule has 0 aliphatic heterocycles. The van der Waals surface area contributed by atoms with Gasteiger partial charge in [0.05, 0.1) is 5.25 Å². The topological polar surface area (TPSA) is 100 Å². The molecule has 0 bridgehead atoms. The molecule has 0 spiro atoms. The van der Waals surface area contributed by atoms with E-state index in [4.69, 9.17) is 11.6 Å². The van der Waals surface area contributed by atoms with Gasteiger partial charge in [-0.25, -0.2) is 4.98 Å². The Labute approximate surface area is 233 Å². The molecule has 4 aromatic rings. The van der Waals surface area contributed by atoms with E-state index in [9.17, 15) is 14.4 Å². The van der Waals surface area contributed by atoms with E-state index >= 15 is 0 Å². The molecule has 0 saturated carbocycles. The van der Waals surface area contributed by atoms with Gasteiger partial charge in [-0.05, 0) is 67.1 Å². The summed E-state index contributed by atoms with van der Waals surface area (Å²) in [4.78, 5) is 43.3. The van der Waals surface area contributed by atoms with Crippen LogP contribution in [0.25, 0.3) is 6.08 Å². The van der Waals surface area contributed by atoms with E-state index in [0.29, 0.717) is 27.0 Å². The molecule has 7 nitrogen and oxygen atoms in total. The minimum Gasteiger partial charge on any atom is -0.321 e. The number of carbonyl (C=O) groups is 3. The number of rotatable bonds is 9. The van der Waals surface area contributed by atoms with Crippen LogP contribution < -0.4 is 16.0 Å². The van der Waals surface area contributed by atoms with E-state index in [0.717, 1.165) is 4.90 Å². The second-order valence-electron chi connectivity index (χ2n) is 7.99. The average molecular weight is 563 g/mol. The van der Waals surface area contributed by atoms with Gasteiger partial charge in [-0.15, -0.1) is 23.1 Å². The molecular weight excluding hydrogens is 540 g/mol. The molecule has 0 radical (unpaired) electrons. The number of carbonyl (C=O) groups excluding carboxylic acids is 3. The first kappa shape index (κ1) is 27.1. The fraction of sp³-hybridized carbons (Fsp3) is 0.0714. The summed E-state index contributed by atoms with van der Waals surface area (Å²) in [5.74, 6) is -1.04. The molecule has 38 heavy (non-hydrogen) atoms. The number of nitrogens with zero attached hydrogens (tertiary/aromatic N) is 1. The third kappa shape index (κ3) is 7.79. The summed E-state index contributed by atoms with van der Waals surface area (Å²) in [6, 6.07) is 22.7. The van der Waals surface area contributed by atoms with Gasteiger partial charge < -0.3 is 16.0 Å². The van der Waals surface area contributed by atoms with E-state index < -0.39 is 11.8 Å². The minimum absolute atomic E-state index is 0.0760. The number of aromatic nitrogens is 1. The first-order valence-corrected chi connectivity index (χ1v) is 13.6. The zero-order valence-electron chi connectivity index (χ0n) is 20.2. The normalized spacial score (nSPS) is 11.9. The van der Waals surface area contributed by atoms with Crippen LogP contribution in [0.3, 0.4) is 0 Å². The smallest absolute Gasteiger partial charge is 0.272 e. The Hall–Kier alpha value is -3.92. The summed E-state index contributed by atoms with van der Waals surface area (Å²) >= 11 is 8.73. The first-order valence-electron chi connectivity index (χ1n) is 11.5. The molecule has 3 aromatic carbocycles. The molecule has 3 N–H and O–H groups in total. The van der Waals surface area contributed by atoms with Gasteiger partial charge in [0.2, 0.25) is 5.91 Å². The summed E-state index contributed by atoms with van der Waals surface area (Å²) < 4.78 is 0. The number of nitrogens with one attached hydrogen (secondary N) is 3. The van der Waals surface area contributed by atoms with Crippen molar-refractivity contribution in [1.82, 2.24) is 10.3 Å². The molecule has 10 heteroatoms. The molecule has 0 aliphatic rings. The Morgan fingerprint density at radius 3 is 2.32 bits per heavy atom. The maximum atomic E-state index is 13.2. The summed E-state index contributed by atoms with van der Waals surface area (Å²) in [6.07, 6.45) is 3.22. The zero-order chi connectivity index (χ0) is 26.9. The summed E-state index contributed by atoms with van der Waals surface area (Å²) in [5, 5.41) is 10.9. The lowest BCUT2D eigenvalue weighted by molar-refractivity contribution is -0.115. The van der Waals surface area contributed by atoms with Crippen molar-refractivity contribution in [3.05, 3.63) is 112 Å². The minimum atomic E-state index is -0.485. The van der Waals surface area contributed by atoms with Crippen LogP contribution in [-0.2, 0) is 9.59 Å². The lowest BCUT2D eigenvalue weighted by atomic mass is 10.1. The van der Waals surface area contributed by atoms with Crippen molar-refractivity contribution in [2.45, 2.75) is 17.1 Å². The monoisotopic (exact) mass is 562 g/mol. The van der Waals surface area contributed by atoms with Gasteiger partial charge in [0.15, 0.2) is 5.13 Å². The van der Waals surface area contributed by atoms with Crippen LogP contribution in [0, 0.1) is 0 Å². The van der Waals surface area contributed by atoms with Crippen LogP contribution in [-0.4, -0.2) is 28.0 Å². The number of anilines is 2. The second kappa shape index (κ2) is 13.0. The molecule has 0 unspecified atom stereocenters. The first-order chi connectivity index (χ1) is 18.4. The molecule has 0 fully saturated rings. The molecule has 1 heterocycles. The highest BCUT2D eigenvalue weighted by Crippen LogP contribution is 2.26.